The van der Waals surface area contributed by atoms with Gasteiger partial charge in [0.25, 0.3) is 0 Å². The second-order valence-corrected chi connectivity index (χ2v) is 10.3. The van der Waals surface area contributed by atoms with Gasteiger partial charge in [0.1, 0.15) is 0 Å². The van der Waals surface area contributed by atoms with Gasteiger partial charge in [0.15, 0.2) is 0 Å². The van der Waals surface area contributed by atoms with Gasteiger partial charge in [0.05, 0.1) is 0 Å². The van der Waals surface area contributed by atoms with Crippen LogP contribution in [0.15, 0.2) is 12.2 Å². The lowest BCUT2D eigenvalue weighted by Gasteiger charge is -2.35. The second kappa shape index (κ2) is 3.75. The first-order chi connectivity index (χ1) is 5.55. The van der Waals surface area contributed by atoms with Gasteiger partial charge in [0.2, 0.25) is 0 Å². The van der Waals surface area contributed by atoms with E-state index < -0.39 is 8.07 Å². The average molecular weight is 184 g/mol. The number of aliphatic hydroxyl groups excluding tert-OH is 1. The smallest absolute Gasteiger partial charge is 0.0493 e. The molecular formula is C10H20OSi. The quantitative estimate of drug-likeness (QED) is 0.517. The third kappa shape index (κ3) is 2.20. The van der Waals surface area contributed by atoms with Crippen LogP contribution < -0.4 is 0 Å². The van der Waals surface area contributed by atoms with Gasteiger partial charge < -0.3 is 5.11 Å². The van der Waals surface area contributed by atoms with Crippen molar-refractivity contribution in [3.63, 3.8) is 0 Å². The van der Waals surface area contributed by atoms with Crippen molar-refractivity contribution in [3.05, 3.63) is 12.2 Å². The summed E-state index contributed by atoms with van der Waals surface area (Å²) in [5.41, 5.74) is 0.785. The molecule has 1 N–H and O–H groups in total. The van der Waals surface area contributed by atoms with Crippen LogP contribution in [0.4, 0.5) is 0 Å². The maximum absolute atomic E-state index is 9.20. The third-order valence-corrected chi connectivity index (χ3v) is 5.81. The van der Waals surface area contributed by atoms with Crippen molar-refractivity contribution in [3.8, 4) is 0 Å². The van der Waals surface area contributed by atoms with E-state index in [0.29, 0.717) is 12.5 Å². The highest BCUT2D eigenvalue weighted by Gasteiger charge is 2.32. The van der Waals surface area contributed by atoms with Crippen LogP contribution >= 0.6 is 0 Å². The molecule has 0 aromatic heterocycles. The molecule has 0 aromatic carbocycles. The first kappa shape index (κ1) is 10.0. The van der Waals surface area contributed by atoms with E-state index in [1.165, 1.54) is 12.8 Å². The minimum atomic E-state index is -1.05. The van der Waals surface area contributed by atoms with E-state index in [-0.39, 0.29) is 0 Å². The maximum atomic E-state index is 9.20. The van der Waals surface area contributed by atoms with E-state index in [9.17, 15) is 5.11 Å². The highest BCUT2D eigenvalue weighted by atomic mass is 28.3. The van der Waals surface area contributed by atoms with Crippen molar-refractivity contribution in [2.45, 2.75) is 38.0 Å². The Balaban J connectivity index is 2.69. The Hall–Kier alpha value is -0.0831. The number of rotatable bonds is 2. The van der Waals surface area contributed by atoms with Gasteiger partial charge in [-0.3, -0.25) is 0 Å². The standard InChI is InChI=1S/C10H20OSi/c1-12(2,3)10-7-5-4-6-9(10)8-11/h4,6,9-11H,5,7-8H2,1-3H3. The molecule has 2 atom stereocenters. The monoisotopic (exact) mass is 184 g/mol. The topological polar surface area (TPSA) is 20.2 Å². The molecule has 1 nitrogen and oxygen atoms in total. The summed E-state index contributed by atoms with van der Waals surface area (Å²) in [7, 11) is -1.05. The number of allylic oxidation sites excluding steroid dienone is 1. The Labute approximate surface area is 76.5 Å². The van der Waals surface area contributed by atoms with Crippen LogP contribution in [0.2, 0.25) is 25.2 Å². The van der Waals surface area contributed by atoms with Gasteiger partial charge in [-0.1, -0.05) is 31.8 Å². The minimum absolute atomic E-state index is 0.339. The Morgan fingerprint density at radius 1 is 1.42 bits per heavy atom. The van der Waals surface area contributed by atoms with Crippen LogP contribution in [-0.2, 0) is 0 Å². The van der Waals surface area contributed by atoms with Crippen LogP contribution in [0.3, 0.4) is 0 Å². The van der Waals surface area contributed by atoms with E-state index in [0.717, 1.165) is 5.54 Å². The summed E-state index contributed by atoms with van der Waals surface area (Å²) >= 11 is 0. The molecule has 0 bridgehead atoms. The molecule has 1 aliphatic rings. The zero-order valence-corrected chi connectivity index (χ0v) is 9.38. The highest BCUT2D eigenvalue weighted by molar-refractivity contribution is 6.77. The fourth-order valence-corrected chi connectivity index (χ4v) is 4.69. The Morgan fingerprint density at radius 3 is 2.50 bits per heavy atom. The fourth-order valence-electron chi connectivity index (χ4n) is 2.16. The molecule has 0 amide bonds. The van der Waals surface area contributed by atoms with Crippen molar-refractivity contribution in [1.29, 1.82) is 0 Å². The summed E-state index contributed by atoms with van der Waals surface area (Å²) in [5.74, 6) is 0.449. The van der Waals surface area contributed by atoms with E-state index >= 15 is 0 Å². The van der Waals surface area contributed by atoms with Gasteiger partial charge in [-0.2, -0.15) is 0 Å². The third-order valence-electron chi connectivity index (χ3n) is 2.87. The fraction of sp³-hybridized carbons (Fsp3) is 0.800. The number of aliphatic hydroxyl groups is 1. The Bertz CT molecular complexity index is 169. The number of hydrogen-bond donors (Lipinski definition) is 1. The second-order valence-electron chi connectivity index (χ2n) is 4.82. The van der Waals surface area contributed by atoms with Crippen LogP contribution in [0.25, 0.3) is 0 Å². The Kier molecular flexibility index (Phi) is 3.13. The summed E-state index contributed by atoms with van der Waals surface area (Å²) in [5, 5.41) is 9.20. The average Bonchev–Trinajstić information content (AvgIpc) is 2.03. The maximum Gasteiger partial charge on any atom is 0.0493 e. The van der Waals surface area contributed by atoms with E-state index in [2.05, 4.69) is 31.8 Å². The van der Waals surface area contributed by atoms with Crippen molar-refractivity contribution < 1.29 is 5.11 Å². The number of hydrogen-bond acceptors (Lipinski definition) is 1. The predicted molar refractivity (Wildman–Crippen MR) is 56.0 cm³/mol. The summed E-state index contributed by atoms with van der Waals surface area (Å²) in [4.78, 5) is 0. The van der Waals surface area contributed by atoms with Gasteiger partial charge >= 0.3 is 0 Å². The molecule has 2 heteroatoms. The lowest BCUT2D eigenvalue weighted by atomic mass is 9.96. The van der Waals surface area contributed by atoms with Crippen LogP contribution in [0, 0.1) is 5.92 Å². The molecule has 0 fully saturated rings. The predicted octanol–water partition coefficient (Wildman–Crippen LogP) is 2.65. The van der Waals surface area contributed by atoms with Gasteiger partial charge in [-0.25, -0.2) is 0 Å². The molecule has 0 saturated carbocycles. The molecule has 0 radical (unpaired) electrons. The molecule has 1 aliphatic carbocycles. The van der Waals surface area contributed by atoms with Crippen molar-refractivity contribution >= 4 is 8.07 Å². The minimum Gasteiger partial charge on any atom is -0.396 e. The lowest BCUT2D eigenvalue weighted by Crippen LogP contribution is -2.35. The molecule has 0 aliphatic heterocycles. The molecule has 1 rings (SSSR count). The molecule has 70 valence electrons. The lowest BCUT2D eigenvalue weighted by molar-refractivity contribution is 0.239. The molecule has 2 unspecified atom stereocenters. The zero-order valence-electron chi connectivity index (χ0n) is 8.38. The Morgan fingerprint density at radius 2 is 2.08 bits per heavy atom. The molecule has 0 spiro atoms. The largest absolute Gasteiger partial charge is 0.396 e. The van der Waals surface area contributed by atoms with Gasteiger partial charge in [-0.05, 0) is 18.4 Å². The highest BCUT2D eigenvalue weighted by Crippen LogP contribution is 2.37. The summed E-state index contributed by atoms with van der Waals surface area (Å²) in [6.45, 7) is 7.55. The zero-order chi connectivity index (χ0) is 9.19. The first-order valence-corrected chi connectivity index (χ1v) is 8.41. The summed E-state index contributed by atoms with van der Waals surface area (Å²) in [6, 6.07) is 0. The molecule has 0 heterocycles. The molecule has 12 heavy (non-hydrogen) atoms. The molecule has 0 aromatic rings. The van der Waals surface area contributed by atoms with Crippen molar-refractivity contribution in [1.82, 2.24) is 0 Å². The van der Waals surface area contributed by atoms with Crippen LogP contribution in [0.5, 0.6) is 0 Å². The first-order valence-electron chi connectivity index (χ1n) is 4.83. The molecule has 0 saturated heterocycles. The summed E-state index contributed by atoms with van der Waals surface area (Å²) in [6.07, 6.45) is 6.94. The van der Waals surface area contributed by atoms with E-state index in [1.807, 2.05) is 0 Å². The van der Waals surface area contributed by atoms with Crippen LogP contribution in [0.1, 0.15) is 12.8 Å². The van der Waals surface area contributed by atoms with Crippen molar-refractivity contribution in [2.75, 3.05) is 6.61 Å². The SMILES string of the molecule is C[Si](C)(C)C1CCC=CC1CO. The molecular weight excluding hydrogens is 164 g/mol. The van der Waals surface area contributed by atoms with E-state index in [1.54, 1.807) is 0 Å². The van der Waals surface area contributed by atoms with Crippen LogP contribution in [-0.4, -0.2) is 19.8 Å². The van der Waals surface area contributed by atoms with E-state index in [4.69, 9.17) is 0 Å². The van der Waals surface area contributed by atoms with Gasteiger partial charge in [-0.15, -0.1) is 0 Å². The van der Waals surface area contributed by atoms with Gasteiger partial charge in [0, 0.05) is 20.6 Å². The van der Waals surface area contributed by atoms with Crippen molar-refractivity contribution in [2.24, 2.45) is 5.92 Å². The normalized spacial score (nSPS) is 30.7. The summed E-state index contributed by atoms with van der Waals surface area (Å²) < 4.78 is 0.